The Bertz CT molecular complexity index is 1350. The molecular weight excluding hydrogens is 526 g/mol. The number of hydrogen-bond acceptors (Lipinski definition) is 9. The van der Waals surface area contributed by atoms with E-state index in [0.717, 1.165) is 37.0 Å². The number of rotatable bonds is 8. The van der Waals surface area contributed by atoms with Crippen LogP contribution in [0.2, 0.25) is 0 Å². The van der Waals surface area contributed by atoms with Crippen LogP contribution in [0.3, 0.4) is 0 Å². The summed E-state index contributed by atoms with van der Waals surface area (Å²) in [6.45, 7) is 11.1. The van der Waals surface area contributed by atoms with Crippen molar-refractivity contribution < 1.29 is 9.57 Å². The van der Waals surface area contributed by atoms with Crippen LogP contribution in [0.1, 0.15) is 44.2 Å². The van der Waals surface area contributed by atoms with E-state index in [1.807, 2.05) is 11.1 Å². The lowest BCUT2D eigenvalue weighted by molar-refractivity contribution is 0.0878. The fourth-order valence-corrected chi connectivity index (χ4v) is 7.09. The summed E-state index contributed by atoms with van der Waals surface area (Å²) < 4.78 is 5.85. The van der Waals surface area contributed by atoms with Gasteiger partial charge in [0.25, 0.3) is 0 Å². The number of aromatic nitrogens is 2. The number of methoxy groups -OCH3 is 1. The molecule has 1 atom stereocenters. The van der Waals surface area contributed by atoms with Crippen LogP contribution in [0.25, 0.3) is 0 Å². The highest BCUT2D eigenvalue weighted by Crippen LogP contribution is 2.61. The second kappa shape index (κ2) is 11.7. The first-order chi connectivity index (χ1) is 20.7. The van der Waals surface area contributed by atoms with Crippen molar-refractivity contribution in [2.45, 2.75) is 44.7 Å². The summed E-state index contributed by atoms with van der Waals surface area (Å²) in [7, 11) is 1.73. The third-order valence-electron chi connectivity index (χ3n) is 9.84. The first-order valence-electron chi connectivity index (χ1n) is 15.6. The maximum absolute atomic E-state index is 6.25. The largest absolute Gasteiger partial charge is 0.494 e. The average molecular weight is 570 g/mol. The highest BCUT2D eigenvalue weighted by atomic mass is 16.7. The van der Waals surface area contributed by atoms with E-state index in [0.29, 0.717) is 11.9 Å². The van der Waals surface area contributed by atoms with Crippen molar-refractivity contribution in [3.63, 3.8) is 0 Å². The number of piperazine rings is 1. The van der Waals surface area contributed by atoms with Gasteiger partial charge in [0.05, 0.1) is 25.4 Å². The van der Waals surface area contributed by atoms with E-state index in [1.54, 1.807) is 13.4 Å². The Hall–Kier alpha value is -3.40. The van der Waals surface area contributed by atoms with Crippen LogP contribution in [0.5, 0.6) is 5.75 Å². The third kappa shape index (κ3) is 5.41. The molecule has 4 aliphatic rings. The van der Waals surface area contributed by atoms with Gasteiger partial charge in [-0.05, 0) is 49.9 Å². The molecule has 3 aliphatic heterocycles. The third-order valence-corrected chi connectivity index (χ3v) is 9.84. The minimum Gasteiger partial charge on any atom is -0.494 e. The number of hydroxylamine groups is 1. The molecule has 1 aliphatic carbocycles. The highest BCUT2D eigenvalue weighted by Gasteiger charge is 2.58. The predicted octanol–water partition coefficient (Wildman–Crippen LogP) is 5.11. The summed E-state index contributed by atoms with van der Waals surface area (Å²) in [6, 6.07) is 19.9. The molecule has 1 aromatic heterocycles. The zero-order chi connectivity index (χ0) is 28.5. The van der Waals surface area contributed by atoms with Gasteiger partial charge in [0.2, 0.25) is 0 Å². The maximum Gasteiger partial charge on any atom is 0.158 e. The topological polar surface area (TPSA) is 69.2 Å². The van der Waals surface area contributed by atoms with Gasteiger partial charge in [-0.3, -0.25) is 9.74 Å². The van der Waals surface area contributed by atoms with Crippen molar-refractivity contribution in [1.82, 2.24) is 19.8 Å². The lowest BCUT2D eigenvalue weighted by atomic mass is 9.91. The van der Waals surface area contributed by atoms with Crippen molar-refractivity contribution in [2.75, 3.05) is 74.8 Å². The van der Waals surface area contributed by atoms with E-state index in [1.165, 1.54) is 69.7 Å². The molecule has 9 nitrogen and oxygen atoms in total. The van der Waals surface area contributed by atoms with E-state index >= 15 is 0 Å². The van der Waals surface area contributed by atoms with E-state index in [-0.39, 0.29) is 11.5 Å². The molecule has 1 N–H and O–H groups in total. The molecule has 1 spiro atoms. The minimum atomic E-state index is 0.153. The highest BCUT2D eigenvalue weighted by molar-refractivity contribution is 5.70. The molecule has 9 heteroatoms. The summed E-state index contributed by atoms with van der Waals surface area (Å²) in [5.41, 5.74) is 3.54. The van der Waals surface area contributed by atoms with Gasteiger partial charge in [-0.25, -0.2) is 15.0 Å². The summed E-state index contributed by atoms with van der Waals surface area (Å²) in [5.74, 6) is 2.28. The molecule has 7 rings (SSSR count). The Morgan fingerprint density at radius 3 is 2.45 bits per heavy atom. The zero-order valence-electron chi connectivity index (χ0n) is 24.9. The molecule has 1 saturated carbocycles. The average Bonchev–Trinajstić information content (AvgIpc) is 3.73. The van der Waals surface area contributed by atoms with Gasteiger partial charge < -0.3 is 19.9 Å². The quantitative estimate of drug-likeness (QED) is 0.399. The molecule has 3 aromatic rings. The molecule has 3 saturated heterocycles. The smallest absolute Gasteiger partial charge is 0.158 e. The van der Waals surface area contributed by atoms with E-state index in [4.69, 9.17) is 9.57 Å². The number of ether oxygens (including phenoxy) is 1. The number of nitrogens with one attached hydrogen (secondary N) is 1. The molecule has 42 heavy (non-hydrogen) atoms. The molecule has 0 amide bonds. The Kier molecular flexibility index (Phi) is 7.65. The molecule has 4 fully saturated rings. The zero-order valence-corrected chi connectivity index (χ0v) is 24.9. The Balaban J connectivity index is 1.02. The maximum atomic E-state index is 6.25. The van der Waals surface area contributed by atoms with E-state index in [2.05, 4.69) is 85.4 Å². The lowest BCUT2D eigenvalue weighted by Crippen LogP contribution is -2.53. The second-order valence-electron chi connectivity index (χ2n) is 12.2. The number of piperidine rings is 1. The number of likely N-dealkylation sites (N-methyl/N-ethyl adjacent to an activating group) is 1. The molecule has 0 radical (unpaired) electrons. The van der Waals surface area contributed by atoms with Crippen molar-refractivity contribution in [3.8, 4) is 5.75 Å². The van der Waals surface area contributed by atoms with Gasteiger partial charge in [-0.1, -0.05) is 37.3 Å². The van der Waals surface area contributed by atoms with Crippen LogP contribution in [0, 0.1) is 5.41 Å². The molecule has 1 unspecified atom stereocenters. The summed E-state index contributed by atoms with van der Waals surface area (Å²) in [4.78, 5) is 23.2. The monoisotopic (exact) mass is 569 g/mol. The number of nitrogens with zero attached hydrogens (tertiary/aromatic N) is 6. The minimum absolute atomic E-state index is 0.153. The van der Waals surface area contributed by atoms with Crippen LogP contribution in [-0.4, -0.2) is 85.3 Å². The number of anilines is 4. The molecule has 222 valence electrons. The molecule has 2 aromatic carbocycles. The molecule has 0 bridgehead atoms. The van der Waals surface area contributed by atoms with E-state index < -0.39 is 0 Å². The first-order valence-corrected chi connectivity index (χ1v) is 15.6. The van der Waals surface area contributed by atoms with Crippen LogP contribution in [-0.2, 0) is 4.84 Å². The van der Waals surface area contributed by atoms with Gasteiger partial charge in [-0.15, -0.1) is 0 Å². The predicted molar refractivity (Wildman–Crippen MR) is 167 cm³/mol. The molecule has 4 heterocycles. The van der Waals surface area contributed by atoms with Crippen molar-refractivity contribution >= 4 is 23.0 Å². The van der Waals surface area contributed by atoms with Crippen LogP contribution in [0.4, 0.5) is 23.0 Å². The van der Waals surface area contributed by atoms with Crippen molar-refractivity contribution in [3.05, 3.63) is 66.5 Å². The van der Waals surface area contributed by atoms with Gasteiger partial charge in [0.15, 0.2) is 5.82 Å². The summed E-state index contributed by atoms with van der Waals surface area (Å²) in [5, 5.41) is 5.47. The van der Waals surface area contributed by atoms with E-state index in [9.17, 15) is 0 Å². The van der Waals surface area contributed by atoms with Crippen LogP contribution < -0.4 is 20.0 Å². The SMILES string of the molecule is CCN1CCN(C2CCN(c3ccc(Nc4cc(N5OCC6(CC6)C5c5ccccc5)ncn4)c(OC)c3)CC2)CC1. The van der Waals surface area contributed by atoms with Gasteiger partial charge in [0.1, 0.15) is 17.9 Å². The second-order valence-corrected chi connectivity index (χ2v) is 12.2. The fourth-order valence-electron chi connectivity index (χ4n) is 7.09. The van der Waals surface area contributed by atoms with Crippen molar-refractivity contribution in [1.29, 1.82) is 0 Å². The standard InChI is InChI=1S/C33H43N7O2/c1-3-37-17-19-39(20-18-37)26-11-15-38(16-12-26)27-9-10-28(29(21-27)41-2)36-30-22-31(35-24-34-30)40-32(25-7-5-4-6-8-25)33(13-14-33)23-42-40/h4-10,21-22,24,26,32H,3,11-20,23H2,1-2H3,(H,34,35,36). The molecular formula is C33H43N7O2. The Labute approximate surface area is 249 Å². The Morgan fingerprint density at radius 2 is 1.74 bits per heavy atom. The van der Waals surface area contributed by atoms with Gasteiger partial charge >= 0.3 is 0 Å². The Morgan fingerprint density at radius 1 is 0.952 bits per heavy atom. The van der Waals surface area contributed by atoms with Crippen LogP contribution >= 0.6 is 0 Å². The lowest BCUT2D eigenvalue weighted by Gasteiger charge is -2.43. The summed E-state index contributed by atoms with van der Waals surface area (Å²) in [6.07, 6.45) is 6.38. The fraction of sp³-hybridized carbons (Fsp3) is 0.515. The summed E-state index contributed by atoms with van der Waals surface area (Å²) >= 11 is 0. The van der Waals surface area contributed by atoms with Gasteiger partial charge in [-0.2, -0.15) is 0 Å². The first kappa shape index (κ1) is 27.4. The van der Waals surface area contributed by atoms with Gasteiger partial charge in [0, 0.05) is 68.5 Å². The normalized spacial score (nSPS) is 23.0. The number of benzene rings is 2. The van der Waals surface area contributed by atoms with Crippen molar-refractivity contribution in [2.24, 2.45) is 5.41 Å². The number of hydrogen-bond donors (Lipinski definition) is 1. The van der Waals surface area contributed by atoms with Crippen LogP contribution in [0.15, 0.2) is 60.9 Å².